The highest BCUT2D eigenvalue weighted by Crippen LogP contribution is 2.22. The van der Waals surface area contributed by atoms with Gasteiger partial charge in [0.2, 0.25) is 0 Å². The SMILES string of the molecule is CN(Cc1cccc(Cl)c1F)CC1CCc2nccn2C1. The molecule has 1 aromatic carbocycles. The summed E-state index contributed by atoms with van der Waals surface area (Å²) in [5, 5.41) is 0.196. The van der Waals surface area contributed by atoms with Gasteiger partial charge in [0.25, 0.3) is 0 Å². The van der Waals surface area contributed by atoms with Gasteiger partial charge in [0.15, 0.2) is 0 Å². The summed E-state index contributed by atoms with van der Waals surface area (Å²) in [6, 6.07) is 5.18. The van der Waals surface area contributed by atoms with Crippen molar-refractivity contribution in [2.75, 3.05) is 13.6 Å². The molecule has 1 atom stereocenters. The van der Waals surface area contributed by atoms with Gasteiger partial charge in [-0.15, -0.1) is 0 Å². The van der Waals surface area contributed by atoms with Crippen LogP contribution in [0, 0.1) is 11.7 Å². The molecule has 3 rings (SSSR count). The zero-order valence-electron chi connectivity index (χ0n) is 12.1. The van der Waals surface area contributed by atoms with Gasteiger partial charge in [-0.2, -0.15) is 0 Å². The highest BCUT2D eigenvalue weighted by atomic mass is 35.5. The number of aryl methyl sites for hydroxylation is 1. The molecule has 0 aliphatic carbocycles. The van der Waals surface area contributed by atoms with Gasteiger partial charge in [-0.25, -0.2) is 9.37 Å². The topological polar surface area (TPSA) is 21.1 Å². The lowest BCUT2D eigenvalue weighted by Gasteiger charge is -2.28. The smallest absolute Gasteiger partial charge is 0.146 e. The van der Waals surface area contributed by atoms with Crippen molar-refractivity contribution in [3.63, 3.8) is 0 Å². The van der Waals surface area contributed by atoms with E-state index in [4.69, 9.17) is 11.6 Å². The second-order valence-electron chi connectivity index (χ2n) is 5.81. The molecule has 2 heterocycles. The van der Waals surface area contributed by atoms with Crippen molar-refractivity contribution >= 4 is 11.6 Å². The van der Waals surface area contributed by atoms with E-state index in [0.717, 1.165) is 25.9 Å². The van der Waals surface area contributed by atoms with E-state index < -0.39 is 0 Å². The molecule has 1 aromatic heterocycles. The van der Waals surface area contributed by atoms with Crippen LogP contribution in [0.5, 0.6) is 0 Å². The van der Waals surface area contributed by atoms with E-state index in [2.05, 4.69) is 14.5 Å². The normalized spacial score (nSPS) is 18.0. The maximum Gasteiger partial charge on any atom is 0.146 e. The first-order chi connectivity index (χ1) is 10.1. The Morgan fingerprint density at radius 2 is 2.33 bits per heavy atom. The van der Waals surface area contributed by atoms with E-state index in [9.17, 15) is 4.39 Å². The van der Waals surface area contributed by atoms with Crippen LogP contribution in [-0.2, 0) is 19.5 Å². The Balaban J connectivity index is 1.60. The molecule has 112 valence electrons. The predicted molar refractivity (Wildman–Crippen MR) is 81.8 cm³/mol. The van der Waals surface area contributed by atoms with Crippen LogP contribution >= 0.6 is 11.6 Å². The minimum absolute atomic E-state index is 0.196. The quantitative estimate of drug-likeness (QED) is 0.863. The molecule has 1 aliphatic heterocycles. The first-order valence-electron chi connectivity index (χ1n) is 7.25. The second-order valence-corrected chi connectivity index (χ2v) is 6.22. The zero-order valence-corrected chi connectivity index (χ0v) is 12.9. The van der Waals surface area contributed by atoms with Crippen molar-refractivity contribution in [1.29, 1.82) is 0 Å². The Morgan fingerprint density at radius 3 is 3.19 bits per heavy atom. The molecule has 0 N–H and O–H groups in total. The molecule has 3 nitrogen and oxygen atoms in total. The number of nitrogens with zero attached hydrogens (tertiary/aromatic N) is 3. The number of imidazole rings is 1. The molecule has 1 aliphatic rings. The molecule has 5 heteroatoms. The molecule has 0 saturated carbocycles. The van der Waals surface area contributed by atoms with Gasteiger partial charge < -0.3 is 9.47 Å². The molecule has 0 radical (unpaired) electrons. The highest BCUT2D eigenvalue weighted by Gasteiger charge is 2.20. The Kier molecular flexibility index (Phi) is 4.27. The fourth-order valence-corrected chi connectivity index (χ4v) is 3.25. The molecule has 1 unspecified atom stereocenters. The first-order valence-corrected chi connectivity index (χ1v) is 7.62. The van der Waals surface area contributed by atoms with Crippen LogP contribution in [0.3, 0.4) is 0 Å². The number of fused-ring (bicyclic) bond motifs is 1. The van der Waals surface area contributed by atoms with Gasteiger partial charge >= 0.3 is 0 Å². The highest BCUT2D eigenvalue weighted by molar-refractivity contribution is 6.30. The van der Waals surface area contributed by atoms with Crippen molar-refractivity contribution in [2.45, 2.75) is 25.9 Å². The van der Waals surface area contributed by atoms with Crippen molar-refractivity contribution in [3.8, 4) is 0 Å². The molecule has 21 heavy (non-hydrogen) atoms. The number of halogens is 2. The minimum atomic E-state index is -0.299. The van der Waals surface area contributed by atoms with Crippen LogP contribution in [0.4, 0.5) is 4.39 Å². The second kappa shape index (κ2) is 6.16. The van der Waals surface area contributed by atoms with Crippen LogP contribution < -0.4 is 0 Å². The number of hydrogen-bond acceptors (Lipinski definition) is 2. The lowest BCUT2D eigenvalue weighted by atomic mass is 9.99. The maximum atomic E-state index is 13.9. The number of hydrogen-bond donors (Lipinski definition) is 0. The molecular weight excluding hydrogens is 289 g/mol. The summed E-state index contributed by atoms with van der Waals surface area (Å²) >= 11 is 5.83. The van der Waals surface area contributed by atoms with E-state index in [0.29, 0.717) is 18.0 Å². The van der Waals surface area contributed by atoms with Crippen molar-refractivity contribution in [2.24, 2.45) is 5.92 Å². The van der Waals surface area contributed by atoms with Gasteiger partial charge in [-0.05, 0) is 25.5 Å². The maximum absolute atomic E-state index is 13.9. The number of aromatic nitrogens is 2. The summed E-state index contributed by atoms with van der Waals surface area (Å²) in [5.74, 6) is 1.46. The minimum Gasteiger partial charge on any atom is -0.335 e. The van der Waals surface area contributed by atoms with Gasteiger partial charge in [-0.3, -0.25) is 0 Å². The van der Waals surface area contributed by atoms with Crippen molar-refractivity contribution < 1.29 is 4.39 Å². The van der Waals surface area contributed by atoms with Gasteiger partial charge in [0.1, 0.15) is 11.6 Å². The van der Waals surface area contributed by atoms with E-state index in [1.54, 1.807) is 18.2 Å². The summed E-state index contributed by atoms with van der Waals surface area (Å²) in [5.41, 5.74) is 0.657. The Hall–Kier alpha value is -1.39. The Bertz CT molecular complexity index is 626. The Labute approximate surface area is 129 Å². The fraction of sp³-hybridized carbons (Fsp3) is 0.438. The van der Waals surface area contributed by atoms with Crippen molar-refractivity contribution in [1.82, 2.24) is 14.5 Å². The van der Waals surface area contributed by atoms with E-state index in [-0.39, 0.29) is 10.8 Å². The van der Waals surface area contributed by atoms with Gasteiger partial charge in [-0.1, -0.05) is 23.7 Å². The van der Waals surface area contributed by atoms with E-state index in [1.807, 2.05) is 19.4 Å². The summed E-state index contributed by atoms with van der Waals surface area (Å²) < 4.78 is 16.1. The average molecular weight is 308 g/mol. The largest absolute Gasteiger partial charge is 0.335 e. The van der Waals surface area contributed by atoms with Crippen LogP contribution in [0.2, 0.25) is 5.02 Å². The molecule has 0 amide bonds. The van der Waals surface area contributed by atoms with Crippen molar-refractivity contribution in [3.05, 3.63) is 52.8 Å². The third-order valence-electron chi connectivity index (χ3n) is 4.07. The predicted octanol–water partition coefficient (Wildman–Crippen LogP) is 3.37. The lowest BCUT2D eigenvalue weighted by Crippen LogP contribution is -2.31. The molecule has 0 fully saturated rings. The number of rotatable bonds is 4. The third-order valence-corrected chi connectivity index (χ3v) is 4.37. The monoisotopic (exact) mass is 307 g/mol. The number of benzene rings is 1. The van der Waals surface area contributed by atoms with Gasteiger partial charge in [0, 0.05) is 44.0 Å². The molecule has 0 spiro atoms. The summed E-state index contributed by atoms with van der Waals surface area (Å²) in [6.45, 7) is 2.53. The third kappa shape index (κ3) is 3.27. The van der Waals surface area contributed by atoms with Gasteiger partial charge in [0.05, 0.1) is 5.02 Å². The molecular formula is C16H19ClFN3. The van der Waals surface area contributed by atoms with Crippen LogP contribution in [0.25, 0.3) is 0 Å². The average Bonchev–Trinajstić information content (AvgIpc) is 2.91. The summed E-state index contributed by atoms with van der Waals surface area (Å²) in [7, 11) is 2.03. The fourth-order valence-electron chi connectivity index (χ4n) is 3.05. The van der Waals surface area contributed by atoms with E-state index in [1.165, 1.54) is 5.82 Å². The summed E-state index contributed by atoms with van der Waals surface area (Å²) in [6.07, 6.45) is 6.07. The van der Waals surface area contributed by atoms with E-state index >= 15 is 0 Å². The first kappa shape index (κ1) is 14.5. The Morgan fingerprint density at radius 1 is 1.48 bits per heavy atom. The zero-order chi connectivity index (χ0) is 14.8. The summed E-state index contributed by atoms with van der Waals surface area (Å²) in [4.78, 5) is 6.51. The lowest BCUT2D eigenvalue weighted by molar-refractivity contribution is 0.227. The molecule has 0 saturated heterocycles. The standard InChI is InChI=1S/C16H19ClFN3/c1-20(11-13-3-2-4-14(17)16(13)18)9-12-5-6-15-19-7-8-21(15)10-12/h2-4,7-8,12H,5-6,9-11H2,1H3. The van der Waals surface area contributed by atoms with Crippen LogP contribution in [0.15, 0.2) is 30.6 Å². The molecule has 0 bridgehead atoms. The molecule has 2 aromatic rings. The van der Waals surface area contributed by atoms with Crippen LogP contribution in [-0.4, -0.2) is 28.0 Å². The van der Waals surface area contributed by atoms with Crippen LogP contribution in [0.1, 0.15) is 17.8 Å².